The number of nitrogens with zero attached hydrogens (tertiary/aromatic N) is 2. The average molecular weight is 269 g/mol. The van der Waals surface area contributed by atoms with E-state index in [0.29, 0.717) is 6.42 Å². The number of carbonyl (C=O) groups is 1. The molecule has 0 amide bonds. The van der Waals surface area contributed by atoms with Gasteiger partial charge in [0.25, 0.3) is 0 Å². The van der Waals surface area contributed by atoms with Crippen LogP contribution in [0.25, 0.3) is 0 Å². The Kier molecular flexibility index (Phi) is 3.40. The Hall–Kier alpha value is -1.94. The Balaban J connectivity index is 1.83. The van der Waals surface area contributed by atoms with E-state index in [1.165, 1.54) is 5.56 Å². The predicted molar refractivity (Wildman–Crippen MR) is 77.5 cm³/mol. The van der Waals surface area contributed by atoms with Gasteiger partial charge in [0, 0.05) is 19.3 Å². The molecule has 1 unspecified atom stereocenters. The van der Waals surface area contributed by atoms with Crippen LogP contribution in [0, 0.1) is 6.92 Å². The van der Waals surface area contributed by atoms with Gasteiger partial charge in [-0.2, -0.15) is 5.10 Å². The molecule has 1 atom stereocenters. The molecule has 1 N–H and O–H groups in total. The summed E-state index contributed by atoms with van der Waals surface area (Å²) in [5.74, 6) is 0.208. The normalized spacial score (nSPS) is 17.8. The molecule has 4 nitrogen and oxygen atoms in total. The lowest BCUT2D eigenvalue weighted by Gasteiger charge is -2.25. The van der Waals surface area contributed by atoms with Gasteiger partial charge in [-0.3, -0.25) is 9.48 Å². The Morgan fingerprint density at radius 1 is 1.45 bits per heavy atom. The number of Topliss-reactive ketones (excluding diaryl/α,β-unsaturated/α-hetero) is 1. The van der Waals surface area contributed by atoms with Gasteiger partial charge < -0.3 is 5.32 Å². The lowest BCUT2D eigenvalue weighted by atomic mass is 9.90. The van der Waals surface area contributed by atoms with Crippen LogP contribution < -0.4 is 5.32 Å². The first-order chi connectivity index (χ1) is 9.65. The third kappa shape index (κ3) is 2.39. The highest BCUT2D eigenvalue weighted by atomic mass is 16.1. The molecule has 0 bridgehead atoms. The van der Waals surface area contributed by atoms with Gasteiger partial charge in [-0.05, 0) is 30.5 Å². The van der Waals surface area contributed by atoms with E-state index in [2.05, 4.69) is 22.5 Å². The van der Waals surface area contributed by atoms with Crippen LogP contribution in [-0.4, -0.2) is 22.1 Å². The van der Waals surface area contributed by atoms with Crippen molar-refractivity contribution in [2.45, 2.75) is 25.8 Å². The van der Waals surface area contributed by atoms with Crippen molar-refractivity contribution < 1.29 is 4.79 Å². The van der Waals surface area contributed by atoms with Crippen LogP contribution in [0.1, 0.15) is 28.6 Å². The van der Waals surface area contributed by atoms with Crippen molar-refractivity contribution in [3.8, 4) is 0 Å². The number of aromatic nitrogens is 2. The number of hydrogen-bond donors (Lipinski definition) is 1. The zero-order valence-electron chi connectivity index (χ0n) is 11.9. The molecule has 1 aromatic carbocycles. The Morgan fingerprint density at radius 3 is 3.00 bits per heavy atom. The number of fused-ring (bicyclic) bond motifs is 1. The molecule has 0 fully saturated rings. The van der Waals surface area contributed by atoms with Crippen molar-refractivity contribution in [1.29, 1.82) is 0 Å². The summed E-state index contributed by atoms with van der Waals surface area (Å²) in [6.45, 7) is 2.81. The van der Waals surface area contributed by atoms with Crippen molar-refractivity contribution in [3.05, 3.63) is 52.8 Å². The van der Waals surface area contributed by atoms with Crippen molar-refractivity contribution in [2.24, 2.45) is 7.05 Å². The van der Waals surface area contributed by atoms with E-state index in [9.17, 15) is 4.79 Å². The lowest BCUT2D eigenvalue weighted by molar-refractivity contribution is -0.120. The summed E-state index contributed by atoms with van der Waals surface area (Å²) >= 11 is 0. The molecule has 104 valence electrons. The summed E-state index contributed by atoms with van der Waals surface area (Å²) in [6.07, 6.45) is 1.41. The van der Waals surface area contributed by atoms with Crippen molar-refractivity contribution in [2.75, 3.05) is 6.54 Å². The third-order valence-electron chi connectivity index (χ3n) is 3.89. The number of carbonyl (C=O) groups excluding carboxylic acids is 1. The van der Waals surface area contributed by atoms with Crippen molar-refractivity contribution in [3.63, 3.8) is 0 Å². The number of benzene rings is 1. The highest BCUT2D eigenvalue weighted by Crippen LogP contribution is 2.24. The lowest BCUT2D eigenvalue weighted by Crippen LogP contribution is -2.36. The van der Waals surface area contributed by atoms with E-state index >= 15 is 0 Å². The van der Waals surface area contributed by atoms with Crippen LogP contribution in [0.3, 0.4) is 0 Å². The Labute approximate surface area is 118 Å². The van der Waals surface area contributed by atoms with Crippen LogP contribution in [0.5, 0.6) is 0 Å². The fraction of sp³-hybridized carbons (Fsp3) is 0.375. The minimum absolute atomic E-state index is 0.185. The minimum Gasteiger partial charge on any atom is -0.303 e. The van der Waals surface area contributed by atoms with Crippen LogP contribution in [-0.2, 0) is 24.7 Å². The minimum atomic E-state index is -0.185. The maximum atomic E-state index is 12.6. The van der Waals surface area contributed by atoms with Gasteiger partial charge in [-0.25, -0.2) is 0 Å². The first-order valence-corrected chi connectivity index (χ1v) is 6.98. The molecule has 0 saturated carbocycles. The first kappa shape index (κ1) is 13.1. The Morgan fingerprint density at radius 2 is 2.25 bits per heavy atom. The SMILES string of the molecule is Cc1cc(CC(=O)C2NCCc3ccccc32)n(C)n1. The van der Waals surface area contributed by atoms with E-state index in [1.807, 2.05) is 32.2 Å². The maximum absolute atomic E-state index is 12.6. The summed E-state index contributed by atoms with van der Waals surface area (Å²) in [7, 11) is 1.89. The maximum Gasteiger partial charge on any atom is 0.160 e. The molecule has 1 aromatic heterocycles. The van der Waals surface area contributed by atoms with Gasteiger partial charge in [0.2, 0.25) is 0 Å². The zero-order chi connectivity index (χ0) is 14.1. The number of nitrogens with one attached hydrogen (secondary N) is 1. The molecule has 3 rings (SSSR count). The molecular weight excluding hydrogens is 250 g/mol. The van der Waals surface area contributed by atoms with E-state index in [-0.39, 0.29) is 11.8 Å². The van der Waals surface area contributed by atoms with Gasteiger partial charge in [-0.15, -0.1) is 0 Å². The molecule has 2 heterocycles. The van der Waals surface area contributed by atoms with E-state index in [1.54, 1.807) is 4.68 Å². The van der Waals surface area contributed by atoms with Gasteiger partial charge >= 0.3 is 0 Å². The summed E-state index contributed by atoms with van der Waals surface area (Å²) in [4.78, 5) is 12.6. The predicted octanol–water partition coefficient (Wildman–Crippen LogP) is 1.73. The molecule has 0 radical (unpaired) electrons. The van der Waals surface area contributed by atoms with Crippen LogP contribution in [0.4, 0.5) is 0 Å². The van der Waals surface area contributed by atoms with E-state index in [0.717, 1.165) is 29.9 Å². The van der Waals surface area contributed by atoms with Crippen molar-refractivity contribution in [1.82, 2.24) is 15.1 Å². The average Bonchev–Trinajstić information content (AvgIpc) is 2.76. The zero-order valence-corrected chi connectivity index (χ0v) is 11.9. The highest BCUT2D eigenvalue weighted by molar-refractivity contribution is 5.87. The first-order valence-electron chi connectivity index (χ1n) is 6.98. The van der Waals surface area contributed by atoms with Crippen LogP contribution in [0.15, 0.2) is 30.3 Å². The fourth-order valence-electron chi connectivity index (χ4n) is 2.90. The fourth-order valence-corrected chi connectivity index (χ4v) is 2.90. The number of rotatable bonds is 3. The molecule has 20 heavy (non-hydrogen) atoms. The molecule has 4 heteroatoms. The topological polar surface area (TPSA) is 46.9 Å². The Bertz CT molecular complexity index is 645. The molecular formula is C16H19N3O. The van der Waals surface area contributed by atoms with Gasteiger partial charge in [0.05, 0.1) is 18.2 Å². The second kappa shape index (κ2) is 5.21. The molecule has 2 aromatic rings. The number of hydrogen-bond acceptors (Lipinski definition) is 3. The van der Waals surface area contributed by atoms with Crippen LogP contribution >= 0.6 is 0 Å². The number of aryl methyl sites for hydroxylation is 2. The number of ketones is 1. The summed E-state index contributed by atoms with van der Waals surface area (Å²) in [5.41, 5.74) is 4.33. The summed E-state index contributed by atoms with van der Waals surface area (Å²) in [5, 5.41) is 7.64. The van der Waals surface area contributed by atoms with E-state index in [4.69, 9.17) is 0 Å². The third-order valence-corrected chi connectivity index (χ3v) is 3.89. The second-order valence-electron chi connectivity index (χ2n) is 5.38. The van der Waals surface area contributed by atoms with Gasteiger partial charge in [0.1, 0.15) is 0 Å². The monoisotopic (exact) mass is 269 g/mol. The van der Waals surface area contributed by atoms with E-state index < -0.39 is 0 Å². The van der Waals surface area contributed by atoms with Crippen molar-refractivity contribution >= 4 is 5.78 Å². The molecule has 0 saturated heterocycles. The smallest absolute Gasteiger partial charge is 0.160 e. The largest absolute Gasteiger partial charge is 0.303 e. The highest BCUT2D eigenvalue weighted by Gasteiger charge is 2.26. The molecule has 0 spiro atoms. The quantitative estimate of drug-likeness (QED) is 0.923. The standard InChI is InChI=1S/C16H19N3O/c1-11-9-13(19(2)18-11)10-15(20)16-14-6-4-3-5-12(14)7-8-17-16/h3-6,9,16-17H,7-8,10H2,1-2H3. The van der Waals surface area contributed by atoms with Gasteiger partial charge in [0.15, 0.2) is 5.78 Å². The molecule has 0 aliphatic carbocycles. The van der Waals surface area contributed by atoms with Crippen LogP contribution in [0.2, 0.25) is 0 Å². The van der Waals surface area contributed by atoms with Gasteiger partial charge in [-0.1, -0.05) is 24.3 Å². The molecule has 1 aliphatic rings. The molecule has 1 aliphatic heterocycles. The summed E-state index contributed by atoms with van der Waals surface area (Å²) in [6, 6.07) is 10.0. The summed E-state index contributed by atoms with van der Waals surface area (Å²) < 4.78 is 1.79. The second-order valence-corrected chi connectivity index (χ2v) is 5.38.